The second-order valence-electron chi connectivity index (χ2n) is 4.63. The summed E-state index contributed by atoms with van der Waals surface area (Å²) < 4.78 is 0. The lowest BCUT2D eigenvalue weighted by Crippen LogP contribution is -2.25. The van der Waals surface area contributed by atoms with Crippen LogP contribution in [0.1, 0.15) is 43.0 Å². The molecule has 1 aromatic heterocycles. The number of hydrogen-bond donors (Lipinski definition) is 0. The zero-order valence-corrected chi connectivity index (χ0v) is 12.2. The first-order valence-electron chi connectivity index (χ1n) is 6.64. The molecule has 19 heavy (non-hydrogen) atoms. The monoisotopic (exact) mass is 270 g/mol. The molecule has 2 nitrogen and oxygen atoms in total. The van der Waals surface area contributed by atoms with Crippen LogP contribution in [0.4, 0.5) is 0 Å². The Morgan fingerprint density at radius 2 is 1.89 bits per heavy atom. The van der Waals surface area contributed by atoms with Crippen molar-refractivity contribution in [1.82, 2.24) is 4.98 Å². The molecule has 1 aromatic carbocycles. The number of benzene rings is 1. The quantitative estimate of drug-likeness (QED) is 0.811. The first-order chi connectivity index (χ1) is 9.26. The van der Waals surface area contributed by atoms with E-state index in [-0.39, 0.29) is 5.41 Å². The Balaban J connectivity index is 2.47. The van der Waals surface area contributed by atoms with E-state index in [1.807, 2.05) is 11.4 Å². The normalized spacial score (nSPS) is 11.2. The molecular formula is C16H18N2S. The van der Waals surface area contributed by atoms with Gasteiger partial charge in [0.05, 0.1) is 18.2 Å². The molecule has 0 atom stereocenters. The summed E-state index contributed by atoms with van der Waals surface area (Å²) in [5.41, 5.74) is 2.20. The number of rotatable bonds is 5. The molecule has 0 N–H and O–H groups in total. The van der Waals surface area contributed by atoms with Gasteiger partial charge in [-0.25, -0.2) is 4.98 Å². The van der Waals surface area contributed by atoms with Gasteiger partial charge in [-0.2, -0.15) is 5.26 Å². The highest BCUT2D eigenvalue weighted by molar-refractivity contribution is 7.09. The molecule has 2 rings (SSSR count). The Bertz CT molecular complexity index is 562. The largest absolute Gasteiger partial charge is 0.244 e. The number of hydrogen-bond acceptors (Lipinski definition) is 3. The summed E-state index contributed by atoms with van der Waals surface area (Å²) in [5.74, 6) is 0. The molecule has 2 aromatic rings. The maximum Gasteiger partial charge on any atom is 0.103 e. The average molecular weight is 270 g/mol. The third kappa shape index (κ3) is 2.54. The summed E-state index contributed by atoms with van der Waals surface area (Å²) in [6, 6.07) is 12.7. The van der Waals surface area contributed by atoms with E-state index < -0.39 is 0 Å². The molecular weight excluding hydrogens is 252 g/mol. The Morgan fingerprint density at radius 1 is 1.21 bits per heavy atom. The van der Waals surface area contributed by atoms with Crippen LogP contribution in [-0.2, 0) is 11.8 Å². The second kappa shape index (κ2) is 5.99. The molecule has 98 valence electrons. The maximum atomic E-state index is 8.78. The molecule has 0 radical (unpaired) electrons. The van der Waals surface area contributed by atoms with Crippen molar-refractivity contribution in [3.05, 3.63) is 52.0 Å². The number of nitriles is 1. The third-order valence-corrected chi connectivity index (χ3v) is 4.85. The smallest absolute Gasteiger partial charge is 0.103 e. The van der Waals surface area contributed by atoms with E-state index >= 15 is 0 Å². The standard InChI is InChI=1S/C16H18N2S/c1-3-16(4-2,13-8-6-5-7-9-13)15-18-14(10-11-17)12-19-15/h5-9,12H,3-4,10H2,1-2H3. The van der Waals surface area contributed by atoms with Gasteiger partial charge in [-0.15, -0.1) is 11.3 Å². The van der Waals surface area contributed by atoms with Gasteiger partial charge in [-0.1, -0.05) is 44.2 Å². The molecule has 0 aliphatic heterocycles. The van der Waals surface area contributed by atoms with Crippen molar-refractivity contribution in [1.29, 1.82) is 5.26 Å². The molecule has 0 aliphatic carbocycles. The fourth-order valence-corrected chi connectivity index (χ4v) is 3.72. The summed E-state index contributed by atoms with van der Waals surface area (Å²) in [5, 5.41) is 11.9. The fourth-order valence-electron chi connectivity index (χ4n) is 2.53. The van der Waals surface area contributed by atoms with E-state index in [1.165, 1.54) is 5.56 Å². The van der Waals surface area contributed by atoms with E-state index in [4.69, 9.17) is 5.26 Å². The predicted octanol–water partition coefficient (Wildman–Crippen LogP) is 4.32. The van der Waals surface area contributed by atoms with Gasteiger partial charge in [-0.05, 0) is 18.4 Å². The summed E-state index contributed by atoms with van der Waals surface area (Å²) >= 11 is 1.68. The molecule has 3 heteroatoms. The van der Waals surface area contributed by atoms with Crippen molar-refractivity contribution in [3.63, 3.8) is 0 Å². The zero-order valence-electron chi connectivity index (χ0n) is 11.4. The van der Waals surface area contributed by atoms with Gasteiger partial charge in [0.25, 0.3) is 0 Å². The highest BCUT2D eigenvalue weighted by atomic mass is 32.1. The molecule has 0 bridgehead atoms. The van der Waals surface area contributed by atoms with Crippen LogP contribution in [0, 0.1) is 11.3 Å². The molecule has 0 amide bonds. The van der Waals surface area contributed by atoms with Gasteiger partial charge in [0, 0.05) is 10.8 Å². The summed E-state index contributed by atoms with van der Waals surface area (Å²) in [6.45, 7) is 4.42. The lowest BCUT2D eigenvalue weighted by molar-refractivity contribution is 0.475. The van der Waals surface area contributed by atoms with Crippen molar-refractivity contribution in [3.8, 4) is 6.07 Å². The van der Waals surface area contributed by atoms with Gasteiger partial charge in [0.2, 0.25) is 0 Å². The van der Waals surface area contributed by atoms with Crippen molar-refractivity contribution >= 4 is 11.3 Å². The zero-order chi connectivity index (χ0) is 13.7. The first-order valence-corrected chi connectivity index (χ1v) is 7.52. The van der Waals surface area contributed by atoms with E-state index in [0.717, 1.165) is 23.5 Å². The Labute approximate surface area is 118 Å². The van der Waals surface area contributed by atoms with Crippen LogP contribution in [0.2, 0.25) is 0 Å². The second-order valence-corrected chi connectivity index (χ2v) is 5.49. The number of nitrogens with zero attached hydrogens (tertiary/aromatic N) is 2. The Morgan fingerprint density at radius 3 is 2.47 bits per heavy atom. The SMILES string of the molecule is CCC(CC)(c1ccccc1)c1nc(CC#N)cs1. The molecule has 0 saturated heterocycles. The van der Waals surface area contributed by atoms with Crippen LogP contribution in [0.15, 0.2) is 35.7 Å². The highest BCUT2D eigenvalue weighted by Gasteiger charge is 2.33. The number of aromatic nitrogens is 1. The highest BCUT2D eigenvalue weighted by Crippen LogP contribution is 2.40. The van der Waals surface area contributed by atoms with Crippen LogP contribution in [-0.4, -0.2) is 4.98 Å². The Hall–Kier alpha value is -1.66. The first kappa shape index (κ1) is 13.8. The van der Waals surface area contributed by atoms with Crippen molar-refractivity contribution < 1.29 is 0 Å². The van der Waals surface area contributed by atoms with E-state index in [0.29, 0.717) is 6.42 Å². The molecule has 0 aliphatic rings. The maximum absolute atomic E-state index is 8.78. The van der Waals surface area contributed by atoms with Crippen LogP contribution in [0.25, 0.3) is 0 Å². The van der Waals surface area contributed by atoms with E-state index in [2.05, 4.69) is 49.2 Å². The minimum atomic E-state index is -0.0143. The van der Waals surface area contributed by atoms with Crippen LogP contribution < -0.4 is 0 Å². The third-order valence-electron chi connectivity index (χ3n) is 3.75. The van der Waals surface area contributed by atoms with Crippen molar-refractivity contribution in [2.24, 2.45) is 0 Å². The molecule has 1 heterocycles. The van der Waals surface area contributed by atoms with Crippen LogP contribution in [0.5, 0.6) is 0 Å². The summed E-state index contributed by atoms with van der Waals surface area (Å²) in [7, 11) is 0. The fraction of sp³-hybridized carbons (Fsp3) is 0.375. The van der Waals surface area contributed by atoms with Gasteiger partial charge < -0.3 is 0 Å². The Kier molecular flexibility index (Phi) is 4.34. The molecule has 0 spiro atoms. The topological polar surface area (TPSA) is 36.7 Å². The van der Waals surface area contributed by atoms with Gasteiger partial charge in [-0.3, -0.25) is 0 Å². The lowest BCUT2D eigenvalue weighted by Gasteiger charge is -2.30. The molecule has 0 fully saturated rings. The van der Waals surface area contributed by atoms with Gasteiger partial charge >= 0.3 is 0 Å². The van der Waals surface area contributed by atoms with E-state index in [1.54, 1.807) is 11.3 Å². The molecule has 0 saturated carbocycles. The van der Waals surface area contributed by atoms with Gasteiger partial charge in [0.15, 0.2) is 0 Å². The predicted molar refractivity (Wildman–Crippen MR) is 79.2 cm³/mol. The summed E-state index contributed by atoms with van der Waals surface area (Å²) in [4.78, 5) is 4.69. The van der Waals surface area contributed by atoms with Crippen LogP contribution >= 0.6 is 11.3 Å². The van der Waals surface area contributed by atoms with Crippen molar-refractivity contribution in [2.75, 3.05) is 0 Å². The van der Waals surface area contributed by atoms with Gasteiger partial charge in [0.1, 0.15) is 5.01 Å². The van der Waals surface area contributed by atoms with Crippen LogP contribution in [0.3, 0.4) is 0 Å². The number of thiazole rings is 1. The minimum Gasteiger partial charge on any atom is -0.244 e. The minimum absolute atomic E-state index is 0.0143. The summed E-state index contributed by atoms with van der Waals surface area (Å²) in [6.07, 6.45) is 2.44. The molecule has 0 unspecified atom stereocenters. The van der Waals surface area contributed by atoms with Crippen molar-refractivity contribution in [2.45, 2.75) is 38.5 Å². The lowest BCUT2D eigenvalue weighted by atomic mass is 9.76. The average Bonchev–Trinajstić information content (AvgIpc) is 2.92. The van der Waals surface area contributed by atoms with E-state index in [9.17, 15) is 0 Å².